The number of phosphoric acid groups is 1. The molecule has 0 fully saturated rings. The largest absolute Gasteiger partial charge is 0.469 e. The lowest BCUT2D eigenvalue weighted by Crippen LogP contribution is -2.29. The van der Waals surface area contributed by atoms with Gasteiger partial charge in [-0.05, 0) is 38.5 Å². The fraction of sp³-hybridized carbons (Fsp3) is 0.909. The molecule has 0 spiro atoms. The number of phosphoric ester groups is 1. The molecular formula is C44H85O8P. The van der Waals surface area contributed by atoms with E-state index in [4.69, 9.17) is 19.3 Å². The maximum Gasteiger partial charge on any atom is 0.469 e. The van der Waals surface area contributed by atoms with Crippen molar-refractivity contribution in [3.8, 4) is 0 Å². The minimum absolute atomic E-state index is 0.218. The molecule has 314 valence electrons. The van der Waals surface area contributed by atoms with E-state index in [0.29, 0.717) is 6.42 Å². The summed E-state index contributed by atoms with van der Waals surface area (Å²) in [6, 6.07) is 0. The monoisotopic (exact) mass is 773 g/mol. The van der Waals surface area contributed by atoms with E-state index in [1.165, 1.54) is 167 Å². The zero-order chi connectivity index (χ0) is 38.9. The van der Waals surface area contributed by atoms with Gasteiger partial charge in [-0.3, -0.25) is 14.1 Å². The highest BCUT2D eigenvalue weighted by Crippen LogP contribution is 2.36. The third-order valence-corrected chi connectivity index (χ3v) is 10.5. The summed E-state index contributed by atoms with van der Waals surface area (Å²) in [6.07, 6.45) is 45.1. The average Bonchev–Trinajstić information content (AvgIpc) is 3.13. The molecule has 8 nitrogen and oxygen atoms in total. The van der Waals surface area contributed by atoms with E-state index in [1.54, 1.807) is 0 Å². The van der Waals surface area contributed by atoms with Gasteiger partial charge >= 0.3 is 19.8 Å². The molecule has 1 atom stereocenters. The predicted octanol–water partition coefficient (Wildman–Crippen LogP) is 13.8. The molecule has 0 aliphatic rings. The summed E-state index contributed by atoms with van der Waals surface area (Å²) in [4.78, 5) is 42.9. The van der Waals surface area contributed by atoms with E-state index in [-0.39, 0.29) is 19.4 Å². The average molecular weight is 773 g/mol. The zero-order valence-corrected chi connectivity index (χ0v) is 35.6. The third-order valence-electron chi connectivity index (χ3n) is 10.0. The molecule has 0 aliphatic heterocycles. The lowest BCUT2D eigenvalue weighted by molar-refractivity contribution is -0.161. The third kappa shape index (κ3) is 43.4. The molecular weight excluding hydrogens is 687 g/mol. The molecule has 0 rings (SSSR count). The maximum absolute atomic E-state index is 12.4. The van der Waals surface area contributed by atoms with Gasteiger partial charge < -0.3 is 19.3 Å². The van der Waals surface area contributed by atoms with Crippen molar-refractivity contribution in [2.75, 3.05) is 13.2 Å². The molecule has 0 unspecified atom stereocenters. The van der Waals surface area contributed by atoms with Crippen LogP contribution in [0.1, 0.15) is 239 Å². The summed E-state index contributed by atoms with van der Waals surface area (Å²) in [5, 5.41) is 0. The highest BCUT2D eigenvalue weighted by Gasteiger charge is 2.23. The van der Waals surface area contributed by atoms with E-state index in [9.17, 15) is 14.2 Å². The number of rotatable bonds is 42. The number of carbonyl (C=O) groups excluding carboxylic acids is 2. The van der Waals surface area contributed by atoms with Gasteiger partial charge in [0.2, 0.25) is 0 Å². The SMILES string of the molecule is CCCCCCCC/C=C/CCCCCCCCCCCCCC(=O)OC[C@H](COP(=O)(O)O)OC(=O)CCCCCCCCCCCCCCCC. The maximum atomic E-state index is 12.4. The Morgan fingerprint density at radius 1 is 0.472 bits per heavy atom. The summed E-state index contributed by atoms with van der Waals surface area (Å²) in [5.74, 6) is -0.872. The molecule has 0 aliphatic carbocycles. The molecule has 0 heterocycles. The summed E-state index contributed by atoms with van der Waals surface area (Å²) in [5.41, 5.74) is 0. The van der Waals surface area contributed by atoms with Crippen LogP contribution in [0.4, 0.5) is 0 Å². The second kappa shape index (κ2) is 40.5. The molecule has 0 aromatic carbocycles. The summed E-state index contributed by atoms with van der Waals surface area (Å²) < 4.78 is 26.4. The van der Waals surface area contributed by atoms with Crippen LogP contribution >= 0.6 is 7.82 Å². The highest BCUT2D eigenvalue weighted by atomic mass is 31.2. The second-order valence-corrected chi connectivity index (χ2v) is 16.6. The highest BCUT2D eigenvalue weighted by molar-refractivity contribution is 7.46. The first-order valence-electron chi connectivity index (χ1n) is 22.5. The van der Waals surface area contributed by atoms with Crippen molar-refractivity contribution in [1.82, 2.24) is 0 Å². The fourth-order valence-corrected chi connectivity index (χ4v) is 7.02. The Hall–Kier alpha value is -1.21. The van der Waals surface area contributed by atoms with E-state index in [0.717, 1.165) is 38.5 Å². The lowest BCUT2D eigenvalue weighted by Gasteiger charge is -2.18. The van der Waals surface area contributed by atoms with Crippen LogP contribution in [0, 0.1) is 0 Å². The number of allylic oxidation sites excluding steroid dienone is 2. The van der Waals surface area contributed by atoms with Crippen LogP contribution in [0.15, 0.2) is 12.2 Å². The van der Waals surface area contributed by atoms with E-state index in [1.807, 2.05) is 0 Å². The van der Waals surface area contributed by atoms with Crippen LogP contribution in [0.25, 0.3) is 0 Å². The lowest BCUT2D eigenvalue weighted by atomic mass is 10.0. The Morgan fingerprint density at radius 3 is 1.15 bits per heavy atom. The molecule has 0 bridgehead atoms. The van der Waals surface area contributed by atoms with E-state index < -0.39 is 32.5 Å². The van der Waals surface area contributed by atoms with Gasteiger partial charge in [-0.2, -0.15) is 0 Å². The Labute approximate surface area is 327 Å². The molecule has 2 N–H and O–H groups in total. The first-order chi connectivity index (χ1) is 25.8. The van der Waals surface area contributed by atoms with Crippen LogP contribution in [0.2, 0.25) is 0 Å². The van der Waals surface area contributed by atoms with Crippen molar-refractivity contribution in [2.45, 2.75) is 245 Å². The van der Waals surface area contributed by atoms with Gasteiger partial charge in [0.1, 0.15) is 6.61 Å². The summed E-state index contributed by atoms with van der Waals surface area (Å²) in [6.45, 7) is 3.71. The minimum Gasteiger partial charge on any atom is -0.462 e. The van der Waals surface area contributed by atoms with Gasteiger partial charge in [0.05, 0.1) is 6.61 Å². The molecule has 0 amide bonds. The number of carbonyl (C=O) groups is 2. The molecule has 0 aromatic rings. The van der Waals surface area contributed by atoms with Crippen LogP contribution in [0.3, 0.4) is 0 Å². The molecule has 0 radical (unpaired) electrons. The van der Waals surface area contributed by atoms with Crippen molar-refractivity contribution in [1.29, 1.82) is 0 Å². The van der Waals surface area contributed by atoms with Crippen LogP contribution in [-0.4, -0.2) is 41.0 Å². The summed E-state index contributed by atoms with van der Waals surface area (Å²) >= 11 is 0. The Bertz CT molecular complexity index is 873. The van der Waals surface area contributed by atoms with Gasteiger partial charge in [0.25, 0.3) is 0 Å². The zero-order valence-electron chi connectivity index (χ0n) is 34.7. The first kappa shape index (κ1) is 51.8. The number of hydrogen-bond acceptors (Lipinski definition) is 6. The van der Waals surface area contributed by atoms with Crippen molar-refractivity contribution in [3.63, 3.8) is 0 Å². The Kier molecular flexibility index (Phi) is 39.5. The van der Waals surface area contributed by atoms with E-state index >= 15 is 0 Å². The standard InChI is InChI=1S/C44H85O8P/c1-3-5-7-9-11-13-15-17-19-20-21-22-23-24-25-27-28-30-32-34-36-38-43(45)50-40-42(41-51-53(47,48)49)52-44(46)39-37-35-33-31-29-26-18-16-14-12-10-8-6-4-2/h17,19,42H,3-16,18,20-41H2,1-2H3,(H2,47,48,49)/b19-17+/t42-/m1/s1. The van der Waals surface area contributed by atoms with Crippen molar-refractivity contribution in [2.24, 2.45) is 0 Å². The molecule has 53 heavy (non-hydrogen) atoms. The summed E-state index contributed by atoms with van der Waals surface area (Å²) in [7, 11) is -4.75. The number of unbranched alkanes of at least 4 members (excludes halogenated alkanes) is 30. The first-order valence-corrected chi connectivity index (χ1v) is 24.0. The van der Waals surface area contributed by atoms with Crippen molar-refractivity contribution >= 4 is 19.8 Å². The minimum atomic E-state index is -4.75. The normalized spacial score (nSPS) is 12.5. The van der Waals surface area contributed by atoms with Crippen LogP contribution < -0.4 is 0 Å². The molecule has 9 heteroatoms. The smallest absolute Gasteiger partial charge is 0.462 e. The van der Waals surface area contributed by atoms with E-state index in [2.05, 4.69) is 30.5 Å². The number of hydrogen-bond donors (Lipinski definition) is 2. The van der Waals surface area contributed by atoms with Gasteiger partial charge in [-0.1, -0.05) is 199 Å². The topological polar surface area (TPSA) is 119 Å². The molecule has 0 saturated heterocycles. The quantitative estimate of drug-likeness (QED) is 0.0272. The van der Waals surface area contributed by atoms with Gasteiger partial charge in [0, 0.05) is 12.8 Å². The van der Waals surface area contributed by atoms with Gasteiger partial charge in [-0.25, -0.2) is 4.57 Å². The van der Waals surface area contributed by atoms with Crippen LogP contribution in [0.5, 0.6) is 0 Å². The predicted molar refractivity (Wildman–Crippen MR) is 221 cm³/mol. The number of ether oxygens (including phenoxy) is 2. The van der Waals surface area contributed by atoms with Crippen LogP contribution in [-0.2, 0) is 28.2 Å². The number of esters is 2. The Balaban J connectivity index is 3.82. The fourth-order valence-electron chi connectivity index (χ4n) is 6.66. The van der Waals surface area contributed by atoms with Crippen molar-refractivity contribution in [3.05, 3.63) is 12.2 Å². The van der Waals surface area contributed by atoms with Crippen molar-refractivity contribution < 1.29 is 37.9 Å². The van der Waals surface area contributed by atoms with Gasteiger partial charge in [-0.15, -0.1) is 0 Å². The van der Waals surface area contributed by atoms with Gasteiger partial charge in [0.15, 0.2) is 6.10 Å². The molecule has 0 aromatic heterocycles. The Morgan fingerprint density at radius 2 is 0.792 bits per heavy atom. The second-order valence-electron chi connectivity index (χ2n) is 15.4. The molecule has 0 saturated carbocycles.